The second-order valence-corrected chi connectivity index (χ2v) is 11.7. The molecule has 1 aromatic heterocycles. The normalized spacial score (nSPS) is 21.9. The molecule has 2 heterocycles. The predicted octanol–water partition coefficient (Wildman–Crippen LogP) is 5.96. The summed E-state index contributed by atoms with van der Waals surface area (Å²) in [7, 11) is -2.01. The number of hydrogen-bond donors (Lipinski definition) is 2. The Morgan fingerprint density at radius 3 is 2.13 bits per heavy atom. The molecule has 38 heavy (non-hydrogen) atoms. The molecule has 1 aliphatic heterocycles. The number of benzene rings is 3. The molecule has 0 radical (unpaired) electrons. The van der Waals surface area contributed by atoms with Gasteiger partial charge in [-0.05, 0) is 60.7 Å². The van der Waals surface area contributed by atoms with Gasteiger partial charge in [-0.3, -0.25) is 0 Å². The molecule has 5 rings (SSSR count). The maximum absolute atomic E-state index is 13.7. The fraction of sp³-hybridized carbons (Fsp3) is 0.280. The number of aromatic nitrogens is 1. The van der Waals surface area contributed by atoms with Gasteiger partial charge in [-0.25, -0.2) is 13.3 Å². The summed E-state index contributed by atoms with van der Waals surface area (Å²) < 4.78 is 69.8. The van der Waals surface area contributed by atoms with Crippen molar-refractivity contribution in [2.24, 2.45) is 4.36 Å². The molecule has 202 valence electrons. The summed E-state index contributed by atoms with van der Waals surface area (Å²) in [5.41, 5.74) is 1.61. The Labute approximate surface area is 226 Å². The number of alkyl halides is 3. The van der Waals surface area contributed by atoms with Gasteiger partial charge in [0.2, 0.25) is 0 Å². The van der Waals surface area contributed by atoms with Crippen molar-refractivity contribution >= 4 is 54.9 Å². The van der Waals surface area contributed by atoms with E-state index < -0.39 is 40.2 Å². The van der Waals surface area contributed by atoms with Crippen LogP contribution in [-0.4, -0.2) is 52.7 Å². The van der Waals surface area contributed by atoms with Crippen LogP contribution >= 0.6 is 23.2 Å². The van der Waals surface area contributed by atoms with Gasteiger partial charge in [0.15, 0.2) is 0 Å². The number of halogens is 5. The van der Waals surface area contributed by atoms with E-state index in [4.69, 9.17) is 27.9 Å². The highest BCUT2D eigenvalue weighted by Gasteiger charge is 2.37. The van der Waals surface area contributed by atoms with E-state index in [1.165, 1.54) is 19.2 Å². The second-order valence-electron chi connectivity index (χ2n) is 8.74. The van der Waals surface area contributed by atoms with Gasteiger partial charge in [0.05, 0.1) is 36.3 Å². The van der Waals surface area contributed by atoms with Crippen LogP contribution in [0, 0.1) is 0 Å². The first-order valence-electron chi connectivity index (χ1n) is 11.4. The molecule has 1 saturated heterocycles. The number of nitrogens with one attached hydrogen (secondary N) is 1. The Kier molecular flexibility index (Phi) is 7.27. The van der Waals surface area contributed by atoms with Gasteiger partial charge >= 0.3 is 6.36 Å². The summed E-state index contributed by atoms with van der Waals surface area (Å²) in [6, 6.07) is 14.0. The number of rotatable bonds is 5. The summed E-state index contributed by atoms with van der Waals surface area (Å²) in [4.78, 5) is 0.130. The van der Waals surface area contributed by atoms with Crippen LogP contribution in [0.3, 0.4) is 0 Å². The van der Waals surface area contributed by atoms with E-state index >= 15 is 0 Å². The fourth-order valence-electron chi connectivity index (χ4n) is 4.72. The smallest absolute Gasteiger partial charge is 0.406 e. The SMILES string of the molecule is CN=S(=O)(N[C@H]1COC[C@@H](n2c3ccc(Cl)cc3c3cc(Cl)ccc32)[C@@H]1O)c1ccc(OC(F)(F)F)cc1. The van der Waals surface area contributed by atoms with E-state index in [1.807, 2.05) is 28.8 Å². The number of aliphatic hydroxyl groups is 1. The largest absolute Gasteiger partial charge is 0.573 e. The van der Waals surface area contributed by atoms with Crippen molar-refractivity contribution in [2.45, 2.75) is 29.4 Å². The van der Waals surface area contributed by atoms with E-state index in [1.54, 1.807) is 12.1 Å². The maximum Gasteiger partial charge on any atom is 0.573 e. The zero-order chi connectivity index (χ0) is 27.2. The summed E-state index contributed by atoms with van der Waals surface area (Å²) in [6.45, 7) is 0.214. The molecule has 0 spiro atoms. The van der Waals surface area contributed by atoms with E-state index in [2.05, 4.69) is 13.8 Å². The Balaban J connectivity index is 1.48. The van der Waals surface area contributed by atoms with E-state index in [0.29, 0.717) is 10.0 Å². The highest BCUT2D eigenvalue weighted by Crippen LogP contribution is 2.37. The van der Waals surface area contributed by atoms with Gasteiger partial charge in [-0.1, -0.05) is 23.2 Å². The molecule has 1 unspecified atom stereocenters. The van der Waals surface area contributed by atoms with Gasteiger partial charge in [0.1, 0.15) is 15.7 Å². The standard InChI is InChI=1S/C25H22Cl2F3N3O4S/c1-31-38(35,17-6-4-16(5-7-17)37-25(28,29)30)32-20-12-36-13-23(24(20)34)33-21-8-2-14(26)10-18(21)19-11-15(27)3-9-22(19)33/h2-11,20,23-24,34H,12-13H2,1H3,(H,31,32,35)/t20-,23+,24+,38?/m0/s1. The molecular weight excluding hydrogens is 566 g/mol. The third-order valence-corrected chi connectivity index (χ3v) is 8.91. The third kappa shape index (κ3) is 5.18. The Morgan fingerprint density at radius 1 is 1.03 bits per heavy atom. The highest BCUT2D eigenvalue weighted by molar-refractivity contribution is 7.91. The van der Waals surface area contributed by atoms with Gasteiger partial charge in [0, 0.05) is 38.9 Å². The molecule has 3 aromatic carbocycles. The van der Waals surface area contributed by atoms with Crippen molar-refractivity contribution < 1.29 is 32.0 Å². The number of nitrogens with zero attached hydrogens (tertiary/aromatic N) is 2. The average molecular weight is 588 g/mol. The molecule has 1 fully saturated rings. The van der Waals surface area contributed by atoms with Crippen molar-refractivity contribution in [3.63, 3.8) is 0 Å². The lowest BCUT2D eigenvalue weighted by atomic mass is 10.0. The monoisotopic (exact) mass is 587 g/mol. The Hall–Kier alpha value is -2.54. The zero-order valence-corrected chi connectivity index (χ0v) is 22.1. The number of fused-ring (bicyclic) bond motifs is 3. The lowest BCUT2D eigenvalue weighted by Gasteiger charge is -2.37. The van der Waals surface area contributed by atoms with Crippen molar-refractivity contribution in [1.29, 1.82) is 0 Å². The molecule has 1 aliphatic rings. The van der Waals surface area contributed by atoms with Crippen molar-refractivity contribution in [3.8, 4) is 5.75 Å². The number of hydrogen-bond acceptors (Lipinski definition) is 5. The van der Waals surface area contributed by atoms with Crippen LogP contribution in [0.25, 0.3) is 21.8 Å². The fourth-order valence-corrected chi connectivity index (χ4v) is 6.64. The number of ether oxygens (including phenoxy) is 2. The molecular formula is C25H22Cl2F3N3O4S. The van der Waals surface area contributed by atoms with E-state index in [9.17, 15) is 22.5 Å². The van der Waals surface area contributed by atoms with E-state index in [-0.39, 0.29) is 18.1 Å². The van der Waals surface area contributed by atoms with Gasteiger partial charge in [-0.2, -0.15) is 0 Å². The summed E-state index contributed by atoms with van der Waals surface area (Å²) in [5.74, 6) is -0.452. The highest BCUT2D eigenvalue weighted by atomic mass is 35.5. The molecule has 0 saturated carbocycles. The lowest BCUT2D eigenvalue weighted by Crippen LogP contribution is -2.53. The van der Waals surface area contributed by atoms with Crippen LogP contribution in [0.15, 0.2) is 69.9 Å². The van der Waals surface area contributed by atoms with Crippen LogP contribution in [0.5, 0.6) is 5.75 Å². The summed E-state index contributed by atoms with van der Waals surface area (Å²) in [6.07, 6.45) is -5.91. The molecule has 7 nitrogen and oxygen atoms in total. The van der Waals surface area contributed by atoms with Crippen LogP contribution in [0.2, 0.25) is 10.0 Å². The van der Waals surface area contributed by atoms with Crippen LogP contribution in [0.4, 0.5) is 13.2 Å². The number of aliphatic hydroxyl groups excluding tert-OH is 1. The molecule has 0 aliphatic carbocycles. The molecule has 0 amide bonds. The first-order valence-corrected chi connectivity index (χ1v) is 13.7. The lowest BCUT2D eigenvalue weighted by molar-refractivity contribution is -0.274. The molecule has 4 atom stereocenters. The van der Waals surface area contributed by atoms with Crippen LogP contribution in [-0.2, 0) is 14.7 Å². The minimum absolute atomic E-state index is 0.0359. The van der Waals surface area contributed by atoms with Crippen molar-refractivity contribution in [2.75, 3.05) is 20.3 Å². The second kappa shape index (κ2) is 10.2. The van der Waals surface area contributed by atoms with Gasteiger partial charge < -0.3 is 19.1 Å². The van der Waals surface area contributed by atoms with Crippen molar-refractivity contribution in [1.82, 2.24) is 9.29 Å². The molecule has 0 bridgehead atoms. The van der Waals surface area contributed by atoms with E-state index in [0.717, 1.165) is 33.9 Å². The minimum Gasteiger partial charge on any atom is -0.406 e. The first kappa shape index (κ1) is 27.0. The molecule has 4 aromatic rings. The quantitative estimate of drug-likeness (QED) is 0.301. The Morgan fingerprint density at radius 2 is 1.61 bits per heavy atom. The maximum atomic E-state index is 13.7. The topological polar surface area (TPSA) is 85.1 Å². The van der Waals surface area contributed by atoms with Crippen LogP contribution in [0.1, 0.15) is 6.04 Å². The molecule has 2 N–H and O–H groups in total. The van der Waals surface area contributed by atoms with Crippen molar-refractivity contribution in [3.05, 3.63) is 70.7 Å². The van der Waals surface area contributed by atoms with Gasteiger partial charge in [-0.15, -0.1) is 13.2 Å². The minimum atomic E-state index is -4.85. The predicted molar refractivity (Wildman–Crippen MR) is 140 cm³/mol. The zero-order valence-electron chi connectivity index (χ0n) is 19.8. The summed E-state index contributed by atoms with van der Waals surface area (Å²) >= 11 is 12.5. The van der Waals surface area contributed by atoms with Crippen LogP contribution < -0.4 is 9.46 Å². The first-order chi connectivity index (χ1) is 18.0. The summed E-state index contributed by atoms with van der Waals surface area (Å²) in [5, 5.41) is 14.3. The molecule has 13 heteroatoms. The average Bonchev–Trinajstić information content (AvgIpc) is 3.17. The van der Waals surface area contributed by atoms with Gasteiger partial charge in [0.25, 0.3) is 0 Å². The Bertz CT molecular complexity index is 1560. The third-order valence-electron chi connectivity index (χ3n) is 6.40.